The number of halogens is 3. The standard InChI is InChI=1S/C19H19F3N4O/c1-12-13(9-14(10-23)25(12)2)11-24-16-7-8-26(18(16)27)17-6-4-3-5-15(17)19(20,21)22/h3-6,9,16,24H,7-8,11H2,1-2H3/t16-/m0/s1. The van der Waals surface area contributed by atoms with Gasteiger partial charge in [-0.15, -0.1) is 0 Å². The number of carbonyl (C=O) groups is 1. The fourth-order valence-electron chi connectivity index (χ4n) is 3.34. The summed E-state index contributed by atoms with van der Waals surface area (Å²) in [5, 5.41) is 12.2. The second kappa shape index (κ2) is 7.08. The number of anilines is 1. The van der Waals surface area contributed by atoms with Crippen molar-refractivity contribution in [2.45, 2.75) is 32.1 Å². The molecule has 1 fully saturated rings. The molecule has 2 aromatic rings. The molecule has 0 radical (unpaired) electrons. The maximum atomic E-state index is 13.2. The van der Waals surface area contributed by atoms with Crippen molar-refractivity contribution < 1.29 is 18.0 Å². The van der Waals surface area contributed by atoms with Gasteiger partial charge in [0.05, 0.1) is 17.3 Å². The first kappa shape index (κ1) is 19.0. The number of nitrogens with zero attached hydrogens (tertiary/aromatic N) is 3. The molecule has 0 aliphatic carbocycles. The molecular weight excluding hydrogens is 357 g/mol. The minimum absolute atomic E-state index is 0.109. The van der Waals surface area contributed by atoms with Crippen LogP contribution in [-0.2, 0) is 24.6 Å². The molecule has 1 aromatic carbocycles. The van der Waals surface area contributed by atoms with Crippen LogP contribution in [0.5, 0.6) is 0 Å². The Labute approximate surface area is 155 Å². The molecule has 1 saturated heterocycles. The lowest BCUT2D eigenvalue weighted by atomic mass is 10.1. The highest BCUT2D eigenvalue weighted by Crippen LogP contribution is 2.37. The molecule has 2 heterocycles. The van der Waals surface area contributed by atoms with Gasteiger partial charge < -0.3 is 14.8 Å². The maximum Gasteiger partial charge on any atom is 0.418 e. The quantitative estimate of drug-likeness (QED) is 0.892. The van der Waals surface area contributed by atoms with Crippen LogP contribution in [-0.4, -0.2) is 23.1 Å². The Morgan fingerprint density at radius 3 is 2.67 bits per heavy atom. The second-order valence-corrected chi connectivity index (χ2v) is 6.54. The van der Waals surface area contributed by atoms with Crippen LogP contribution in [0.25, 0.3) is 0 Å². The minimum Gasteiger partial charge on any atom is -0.340 e. The molecule has 142 valence electrons. The van der Waals surface area contributed by atoms with Crippen LogP contribution in [0, 0.1) is 18.3 Å². The van der Waals surface area contributed by atoms with E-state index in [0.717, 1.165) is 17.3 Å². The van der Waals surface area contributed by atoms with Gasteiger partial charge in [-0.3, -0.25) is 4.79 Å². The summed E-state index contributed by atoms with van der Waals surface area (Å²) in [5.41, 5.74) is 1.39. The summed E-state index contributed by atoms with van der Waals surface area (Å²) in [7, 11) is 1.79. The number of nitrogens with one attached hydrogen (secondary N) is 1. The molecular formula is C19H19F3N4O. The van der Waals surface area contributed by atoms with E-state index < -0.39 is 17.8 Å². The molecule has 1 amide bonds. The number of amides is 1. The summed E-state index contributed by atoms with van der Waals surface area (Å²) in [6.45, 7) is 2.47. The Kier molecular flexibility index (Phi) is 4.98. The van der Waals surface area contributed by atoms with Crippen LogP contribution in [0.3, 0.4) is 0 Å². The number of alkyl halides is 3. The smallest absolute Gasteiger partial charge is 0.340 e. The Morgan fingerprint density at radius 2 is 2.04 bits per heavy atom. The van der Waals surface area contributed by atoms with E-state index in [1.54, 1.807) is 17.7 Å². The molecule has 0 unspecified atom stereocenters. The van der Waals surface area contributed by atoms with Crippen LogP contribution < -0.4 is 10.2 Å². The number of nitriles is 1. The molecule has 27 heavy (non-hydrogen) atoms. The van der Waals surface area contributed by atoms with Crippen molar-refractivity contribution in [3.8, 4) is 6.07 Å². The van der Waals surface area contributed by atoms with E-state index in [0.29, 0.717) is 18.7 Å². The molecule has 1 aliphatic rings. The number of hydrogen-bond acceptors (Lipinski definition) is 3. The molecule has 1 aliphatic heterocycles. The first-order valence-corrected chi connectivity index (χ1v) is 8.50. The zero-order valence-electron chi connectivity index (χ0n) is 15.0. The number of para-hydroxylation sites is 1. The number of carbonyl (C=O) groups excluding carboxylic acids is 1. The van der Waals surface area contributed by atoms with E-state index >= 15 is 0 Å². The van der Waals surface area contributed by atoms with Crippen LogP contribution in [0.2, 0.25) is 0 Å². The summed E-state index contributed by atoms with van der Waals surface area (Å²) in [6, 6.07) is 8.40. The van der Waals surface area contributed by atoms with Gasteiger partial charge >= 0.3 is 6.18 Å². The summed E-state index contributed by atoms with van der Waals surface area (Å²) >= 11 is 0. The summed E-state index contributed by atoms with van der Waals surface area (Å²) in [4.78, 5) is 13.9. The predicted molar refractivity (Wildman–Crippen MR) is 93.9 cm³/mol. The second-order valence-electron chi connectivity index (χ2n) is 6.54. The normalized spacial score (nSPS) is 17.4. The van der Waals surface area contributed by atoms with Crippen LogP contribution in [0.1, 0.15) is 28.9 Å². The van der Waals surface area contributed by atoms with Crippen LogP contribution in [0.4, 0.5) is 18.9 Å². The lowest BCUT2D eigenvalue weighted by molar-refractivity contribution is -0.137. The van der Waals surface area contributed by atoms with Gasteiger partial charge in [-0.25, -0.2) is 0 Å². The van der Waals surface area contributed by atoms with Gasteiger partial charge in [-0.1, -0.05) is 12.1 Å². The van der Waals surface area contributed by atoms with Gasteiger partial charge in [0, 0.05) is 25.8 Å². The maximum absolute atomic E-state index is 13.2. The van der Waals surface area contributed by atoms with Gasteiger partial charge in [0.1, 0.15) is 11.8 Å². The molecule has 1 aromatic heterocycles. The molecule has 5 nitrogen and oxygen atoms in total. The molecule has 1 atom stereocenters. The van der Waals surface area contributed by atoms with Gasteiger partial charge in [0.25, 0.3) is 0 Å². The topological polar surface area (TPSA) is 61.1 Å². The highest BCUT2D eigenvalue weighted by atomic mass is 19.4. The molecule has 1 N–H and O–H groups in total. The highest BCUT2D eigenvalue weighted by molar-refractivity contribution is 6.00. The molecule has 0 spiro atoms. The first-order chi connectivity index (χ1) is 12.7. The van der Waals surface area contributed by atoms with Crippen molar-refractivity contribution >= 4 is 11.6 Å². The third-order valence-electron chi connectivity index (χ3n) is 5.00. The Hall–Kier alpha value is -2.79. The van der Waals surface area contributed by atoms with Crippen molar-refractivity contribution in [3.63, 3.8) is 0 Å². The number of rotatable bonds is 4. The zero-order chi connectivity index (χ0) is 19.8. The van der Waals surface area contributed by atoms with Gasteiger partial charge in [0.15, 0.2) is 0 Å². The summed E-state index contributed by atoms with van der Waals surface area (Å²) in [6.07, 6.45) is -4.10. The van der Waals surface area contributed by atoms with E-state index in [-0.39, 0.29) is 18.1 Å². The van der Waals surface area contributed by atoms with Gasteiger partial charge in [-0.05, 0) is 37.1 Å². The van der Waals surface area contributed by atoms with Crippen molar-refractivity contribution in [3.05, 3.63) is 52.8 Å². The van der Waals surface area contributed by atoms with E-state index in [4.69, 9.17) is 5.26 Å². The van der Waals surface area contributed by atoms with E-state index in [1.807, 2.05) is 6.92 Å². The van der Waals surface area contributed by atoms with Gasteiger partial charge in [-0.2, -0.15) is 18.4 Å². The largest absolute Gasteiger partial charge is 0.418 e. The Morgan fingerprint density at radius 1 is 1.33 bits per heavy atom. The molecule has 0 bridgehead atoms. The van der Waals surface area contributed by atoms with E-state index in [9.17, 15) is 18.0 Å². The summed E-state index contributed by atoms with van der Waals surface area (Å²) < 4.78 is 41.5. The summed E-state index contributed by atoms with van der Waals surface area (Å²) in [5.74, 6) is -0.374. The zero-order valence-corrected chi connectivity index (χ0v) is 15.0. The van der Waals surface area contributed by atoms with E-state index in [2.05, 4.69) is 11.4 Å². The average Bonchev–Trinajstić information content (AvgIpc) is 3.13. The Bertz CT molecular complexity index is 911. The van der Waals surface area contributed by atoms with Crippen molar-refractivity contribution in [1.82, 2.24) is 9.88 Å². The molecule has 3 rings (SSSR count). The Balaban J connectivity index is 1.74. The third-order valence-corrected chi connectivity index (χ3v) is 5.00. The predicted octanol–water partition coefficient (Wildman–Crippen LogP) is 3.12. The molecule has 8 heteroatoms. The van der Waals surface area contributed by atoms with Crippen LogP contribution in [0.15, 0.2) is 30.3 Å². The number of hydrogen-bond donors (Lipinski definition) is 1. The molecule has 0 saturated carbocycles. The number of aromatic nitrogens is 1. The van der Waals surface area contributed by atoms with Crippen LogP contribution >= 0.6 is 0 Å². The van der Waals surface area contributed by atoms with Gasteiger partial charge in [0.2, 0.25) is 5.91 Å². The average molecular weight is 376 g/mol. The SMILES string of the molecule is Cc1c(CN[C@H]2CCN(c3ccccc3C(F)(F)F)C2=O)cc(C#N)n1C. The fourth-order valence-corrected chi connectivity index (χ4v) is 3.34. The monoisotopic (exact) mass is 376 g/mol. The van der Waals surface area contributed by atoms with Crippen molar-refractivity contribution in [1.29, 1.82) is 5.26 Å². The third kappa shape index (κ3) is 3.55. The lowest BCUT2D eigenvalue weighted by Gasteiger charge is -2.21. The first-order valence-electron chi connectivity index (χ1n) is 8.50. The number of benzene rings is 1. The van der Waals surface area contributed by atoms with Crippen molar-refractivity contribution in [2.75, 3.05) is 11.4 Å². The van der Waals surface area contributed by atoms with E-state index in [1.165, 1.54) is 23.1 Å². The fraction of sp³-hybridized carbons (Fsp3) is 0.368. The van der Waals surface area contributed by atoms with Crippen molar-refractivity contribution in [2.24, 2.45) is 7.05 Å². The minimum atomic E-state index is -4.52. The lowest BCUT2D eigenvalue weighted by Crippen LogP contribution is -2.38. The highest BCUT2D eigenvalue weighted by Gasteiger charge is 2.39.